The van der Waals surface area contributed by atoms with E-state index in [-0.39, 0.29) is 23.3 Å². The Kier molecular flexibility index (Phi) is 7.28. The van der Waals surface area contributed by atoms with Gasteiger partial charge >= 0.3 is 5.97 Å². The quantitative estimate of drug-likeness (QED) is 0.491. The van der Waals surface area contributed by atoms with Gasteiger partial charge in [0, 0.05) is 23.9 Å². The summed E-state index contributed by atoms with van der Waals surface area (Å²) in [6, 6.07) is 2.22. The van der Waals surface area contributed by atoms with Crippen LogP contribution < -0.4 is 5.32 Å². The van der Waals surface area contributed by atoms with Crippen LogP contribution in [0.15, 0.2) is 0 Å². The van der Waals surface area contributed by atoms with Crippen LogP contribution in [0, 0.1) is 40.4 Å². The largest absolute Gasteiger partial charge is 0.465 e. The number of alkyl halides is 1. The van der Waals surface area contributed by atoms with Crippen LogP contribution in [0.3, 0.4) is 0 Å². The maximum Gasteiger partial charge on any atom is 0.309 e. The monoisotopic (exact) mass is 433 g/mol. The second-order valence-corrected chi connectivity index (χ2v) is 10.4. The van der Waals surface area contributed by atoms with E-state index in [0.29, 0.717) is 37.8 Å². The van der Waals surface area contributed by atoms with Gasteiger partial charge in [-0.2, -0.15) is 5.26 Å². The lowest BCUT2D eigenvalue weighted by atomic mass is 9.74. The number of hydrogen-bond donors (Lipinski definition) is 1. The number of likely N-dealkylation sites (tertiary alicyclic amines) is 1. The zero-order valence-corrected chi connectivity index (χ0v) is 18.4. The van der Waals surface area contributed by atoms with E-state index < -0.39 is 12.1 Å². The molecule has 0 aromatic heterocycles. The summed E-state index contributed by atoms with van der Waals surface area (Å²) in [6.07, 6.45) is 7.88. The molecule has 4 rings (SSSR count). The number of nitrogens with zero attached hydrogens (tertiary/aromatic N) is 2. The number of esters is 1. The van der Waals surface area contributed by atoms with E-state index in [1.807, 2.05) is 0 Å². The van der Waals surface area contributed by atoms with Crippen LogP contribution in [0.4, 0.5) is 4.39 Å². The van der Waals surface area contributed by atoms with E-state index in [0.717, 1.165) is 70.9 Å². The molecule has 6 nitrogen and oxygen atoms in total. The first-order chi connectivity index (χ1) is 15.0. The minimum Gasteiger partial charge on any atom is -0.465 e. The molecule has 4 aliphatic rings. The van der Waals surface area contributed by atoms with Gasteiger partial charge in [-0.25, -0.2) is 4.39 Å². The Morgan fingerprint density at radius 2 is 2.03 bits per heavy atom. The Bertz CT molecular complexity index is 688. The van der Waals surface area contributed by atoms with Gasteiger partial charge in [0.25, 0.3) is 0 Å². The average molecular weight is 434 g/mol. The molecular formula is C24H36FN3O3. The molecule has 0 bridgehead atoms. The first kappa shape index (κ1) is 22.7. The number of nitriles is 1. The zero-order chi connectivity index (χ0) is 21.8. The molecule has 0 spiro atoms. The molecule has 7 heteroatoms. The van der Waals surface area contributed by atoms with Crippen molar-refractivity contribution in [2.24, 2.45) is 29.1 Å². The smallest absolute Gasteiger partial charge is 0.309 e. The van der Waals surface area contributed by atoms with Crippen LogP contribution in [0.5, 0.6) is 0 Å². The fourth-order valence-corrected chi connectivity index (χ4v) is 6.14. The maximum absolute atomic E-state index is 13.8. The Hall–Kier alpha value is -1.52. The average Bonchev–Trinajstić information content (AvgIpc) is 3.18. The molecule has 6 atom stereocenters. The summed E-state index contributed by atoms with van der Waals surface area (Å²) in [6.45, 7) is 4.16. The number of halogens is 1. The molecule has 0 radical (unpaired) electrons. The first-order valence-electron chi connectivity index (χ1n) is 12.1. The lowest BCUT2D eigenvalue weighted by Crippen LogP contribution is -2.49. The van der Waals surface area contributed by atoms with Crippen LogP contribution >= 0.6 is 0 Å². The number of rotatable bonds is 7. The number of piperidine rings is 1. The molecular weight excluding hydrogens is 397 g/mol. The number of carbonyl (C=O) groups excluding carboxylic acids is 2. The molecule has 0 aromatic rings. The highest BCUT2D eigenvalue weighted by Gasteiger charge is 2.41. The minimum atomic E-state index is -1.01. The van der Waals surface area contributed by atoms with Crippen molar-refractivity contribution in [2.45, 2.75) is 70.0 Å². The first-order valence-corrected chi connectivity index (χ1v) is 12.1. The molecule has 0 aromatic carbocycles. The zero-order valence-electron chi connectivity index (χ0n) is 18.4. The van der Waals surface area contributed by atoms with Crippen LogP contribution in [0.2, 0.25) is 0 Å². The highest BCUT2D eigenvalue weighted by Crippen LogP contribution is 2.40. The van der Waals surface area contributed by atoms with E-state index in [4.69, 9.17) is 10.00 Å². The second-order valence-electron chi connectivity index (χ2n) is 10.4. The van der Waals surface area contributed by atoms with Gasteiger partial charge in [-0.15, -0.1) is 0 Å². The normalized spacial score (nSPS) is 38.1. The van der Waals surface area contributed by atoms with Crippen molar-refractivity contribution in [1.29, 1.82) is 5.26 Å². The Labute approximate surface area is 184 Å². The summed E-state index contributed by atoms with van der Waals surface area (Å²) in [4.78, 5) is 26.2. The summed E-state index contributed by atoms with van der Waals surface area (Å²) in [5.74, 6) is 0.738. The lowest BCUT2D eigenvalue weighted by molar-refractivity contribution is -0.141. The molecule has 4 fully saturated rings. The van der Waals surface area contributed by atoms with Crippen molar-refractivity contribution in [1.82, 2.24) is 10.2 Å². The summed E-state index contributed by atoms with van der Waals surface area (Å²) >= 11 is 0. The third-order valence-corrected chi connectivity index (χ3v) is 8.46. The molecule has 1 N–H and O–H groups in total. The van der Waals surface area contributed by atoms with E-state index in [9.17, 15) is 14.0 Å². The topological polar surface area (TPSA) is 82.4 Å². The predicted molar refractivity (Wildman–Crippen MR) is 114 cm³/mol. The molecule has 6 unspecified atom stereocenters. The van der Waals surface area contributed by atoms with Gasteiger partial charge < -0.3 is 19.7 Å². The van der Waals surface area contributed by atoms with Crippen LogP contribution in [-0.4, -0.2) is 62.2 Å². The van der Waals surface area contributed by atoms with Crippen LogP contribution in [0.1, 0.15) is 57.8 Å². The summed E-state index contributed by atoms with van der Waals surface area (Å²) in [5, 5.41) is 12.6. The van der Waals surface area contributed by atoms with Gasteiger partial charge in [-0.3, -0.25) is 4.79 Å². The standard InChI is InChI=1S/C24H36FN3O3/c25-22-4-2-20(12-18(22)13-26)27-15-24(16-29)6-9-28(10-7-24)8-5-17-1-3-21-19(11-17)14-31-23(21)30/h16-22,27H,1-12,14-15H2. The number of carbonyl (C=O) groups is 2. The van der Waals surface area contributed by atoms with Crippen molar-refractivity contribution in [3.05, 3.63) is 0 Å². The number of ether oxygens (including phenoxy) is 1. The van der Waals surface area contributed by atoms with Crippen molar-refractivity contribution in [3.63, 3.8) is 0 Å². The molecule has 2 aliphatic heterocycles. The van der Waals surface area contributed by atoms with Crippen molar-refractivity contribution >= 4 is 12.3 Å². The number of nitrogens with one attached hydrogen (secondary N) is 1. The van der Waals surface area contributed by atoms with E-state index in [1.54, 1.807) is 0 Å². The highest BCUT2D eigenvalue weighted by molar-refractivity contribution is 5.74. The van der Waals surface area contributed by atoms with E-state index in [2.05, 4.69) is 16.3 Å². The third kappa shape index (κ3) is 5.28. The van der Waals surface area contributed by atoms with Gasteiger partial charge in [0.15, 0.2) is 0 Å². The number of cyclic esters (lactones) is 1. The fourth-order valence-electron chi connectivity index (χ4n) is 6.14. The number of fused-ring (bicyclic) bond motifs is 1. The lowest BCUT2D eigenvalue weighted by Gasteiger charge is -2.40. The third-order valence-electron chi connectivity index (χ3n) is 8.46. The SMILES string of the molecule is N#CC1CC(NCC2(C=O)CCN(CCC3CCC4C(=O)OCC4C3)CC2)CCC1F. The number of aldehydes is 1. The maximum atomic E-state index is 13.8. The Morgan fingerprint density at radius 1 is 1.23 bits per heavy atom. The molecule has 2 heterocycles. The molecule has 172 valence electrons. The predicted octanol–water partition coefficient (Wildman–Crippen LogP) is 2.87. The van der Waals surface area contributed by atoms with Crippen molar-refractivity contribution in [3.8, 4) is 6.07 Å². The highest BCUT2D eigenvalue weighted by atomic mass is 19.1. The van der Waals surface area contributed by atoms with Crippen molar-refractivity contribution in [2.75, 3.05) is 32.8 Å². The summed E-state index contributed by atoms with van der Waals surface area (Å²) in [5.41, 5.74) is -0.342. The molecule has 2 aliphatic carbocycles. The second kappa shape index (κ2) is 9.95. The van der Waals surface area contributed by atoms with Gasteiger partial charge in [0.05, 0.1) is 24.5 Å². The molecule has 31 heavy (non-hydrogen) atoms. The minimum absolute atomic E-state index is 0.0131. The van der Waals surface area contributed by atoms with E-state index >= 15 is 0 Å². The van der Waals surface area contributed by atoms with Crippen molar-refractivity contribution < 1.29 is 18.7 Å². The summed E-state index contributed by atoms with van der Waals surface area (Å²) < 4.78 is 19.0. The fraction of sp³-hybridized carbons (Fsp3) is 0.875. The van der Waals surface area contributed by atoms with E-state index in [1.165, 1.54) is 0 Å². The van der Waals surface area contributed by atoms with Crippen LogP contribution in [0.25, 0.3) is 0 Å². The van der Waals surface area contributed by atoms with Gasteiger partial charge in [-0.1, -0.05) is 0 Å². The number of hydrogen-bond acceptors (Lipinski definition) is 6. The van der Waals surface area contributed by atoms with Gasteiger partial charge in [0.1, 0.15) is 12.5 Å². The van der Waals surface area contributed by atoms with Crippen LogP contribution in [-0.2, 0) is 14.3 Å². The molecule has 2 saturated carbocycles. The van der Waals surface area contributed by atoms with Gasteiger partial charge in [0.2, 0.25) is 0 Å². The Balaban J connectivity index is 1.18. The summed E-state index contributed by atoms with van der Waals surface area (Å²) in [7, 11) is 0. The van der Waals surface area contributed by atoms with Gasteiger partial charge in [-0.05, 0) is 83.3 Å². The Morgan fingerprint density at radius 3 is 2.77 bits per heavy atom. The molecule has 2 saturated heterocycles. The molecule has 0 amide bonds.